The zero-order chi connectivity index (χ0) is 14.1. The highest BCUT2D eigenvalue weighted by molar-refractivity contribution is 9.10. The van der Waals surface area contributed by atoms with Crippen molar-refractivity contribution in [2.75, 3.05) is 19.7 Å². The van der Waals surface area contributed by atoms with E-state index in [0.717, 1.165) is 17.3 Å². The van der Waals surface area contributed by atoms with E-state index in [2.05, 4.69) is 27.8 Å². The lowest BCUT2D eigenvalue weighted by Crippen LogP contribution is -2.34. The number of rotatable bonds is 8. The van der Waals surface area contributed by atoms with Crippen LogP contribution in [0.15, 0.2) is 22.9 Å². The molecule has 1 heterocycles. The molecule has 5 heteroatoms. The summed E-state index contributed by atoms with van der Waals surface area (Å²) in [6.07, 6.45) is 7.64. The van der Waals surface area contributed by atoms with Gasteiger partial charge in [-0.3, -0.25) is 9.78 Å². The molecule has 0 fully saturated rings. The molecule has 19 heavy (non-hydrogen) atoms. The molecule has 0 saturated carbocycles. The number of hydrogen-bond acceptors (Lipinski definition) is 3. The third-order valence-corrected chi connectivity index (χ3v) is 3.32. The molecular weight excluding hydrogens is 308 g/mol. The Kier molecular flexibility index (Phi) is 7.67. The van der Waals surface area contributed by atoms with Crippen molar-refractivity contribution in [1.82, 2.24) is 9.88 Å². The molecule has 0 aliphatic heterocycles. The van der Waals surface area contributed by atoms with E-state index in [1.807, 2.05) is 0 Å². The number of aromatic nitrogens is 1. The fraction of sp³-hybridized carbons (Fsp3) is 0.571. The summed E-state index contributed by atoms with van der Waals surface area (Å²) in [6.45, 7) is 3.20. The summed E-state index contributed by atoms with van der Waals surface area (Å²) in [5.74, 6) is -0.0700. The van der Waals surface area contributed by atoms with E-state index < -0.39 is 0 Å². The molecule has 0 unspecified atom stereocenters. The monoisotopic (exact) mass is 328 g/mol. The Labute approximate surface area is 123 Å². The number of aliphatic hydroxyl groups is 1. The van der Waals surface area contributed by atoms with Gasteiger partial charge in [-0.2, -0.15) is 0 Å². The van der Waals surface area contributed by atoms with Crippen LogP contribution in [0.2, 0.25) is 0 Å². The molecule has 0 aliphatic rings. The van der Waals surface area contributed by atoms with Gasteiger partial charge in [0, 0.05) is 30.0 Å². The number of nitrogens with zero attached hydrogens (tertiary/aromatic N) is 2. The largest absolute Gasteiger partial charge is 0.395 e. The number of carbonyl (C=O) groups excluding carboxylic acids is 1. The van der Waals surface area contributed by atoms with Crippen LogP contribution in [0.1, 0.15) is 43.0 Å². The van der Waals surface area contributed by atoms with Crippen molar-refractivity contribution in [3.05, 3.63) is 28.5 Å². The minimum absolute atomic E-state index is 0.0129. The quantitative estimate of drug-likeness (QED) is 0.746. The first-order valence-electron chi connectivity index (χ1n) is 6.69. The summed E-state index contributed by atoms with van der Waals surface area (Å²) in [5, 5.41) is 9.07. The summed E-state index contributed by atoms with van der Waals surface area (Å²) in [4.78, 5) is 18.0. The lowest BCUT2D eigenvalue weighted by molar-refractivity contribution is 0.0718. The van der Waals surface area contributed by atoms with E-state index in [1.165, 1.54) is 12.8 Å². The molecule has 0 spiro atoms. The van der Waals surface area contributed by atoms with E-state index in [1.54, 1.807) is 23.4 Å². The Bertz CT molecular complexity index is 399. The van der Waals surface area contributed by atoms with Gasteiger partial charge in [0.25, 0.3) is 5.91 Å². The molecule has 1 aromatic rings. The van der Waals surface area contributed by atoms with Gasteiger partial charge in [0.05, 0.1) is 12.2 Å². The first-order valence-corrected chi connectivity index (χ1v) is 7.49. The van der Waals surface area contributed by atoms with E-state index in [9.17, 15) is 4.79 Å². The van der Waals surface area contributed by atoms with Crippen molar-refractivity contribution in [3.63, 3.8) is 0 Å². The first-order chi connectivity index (χ1) is 9.19. The summed E-state index contributed by atoms with van der Waals surface area (Å²) < 4.78 is 0.785. The second kappa shape index (κ2) is 9.04. The van der Waals surface area contributed by atoms with Crippen molar-refractivity contribution in [2.24, 2.45) is 0 Å². The van der Waals surface area contributed by atoms with Gasteiger partial charge in [0.1, 0.15) is 0 Å². The maximum atomic E-state index is 12.3. The third-order valence-electron chi connectivity index (χ3n) is 2.89. The molecule has 0 saturated heterocycles. The predicted octanol–water partition coefficient (Wildman–Crippen LogP) is 2.86. The van der Waals surface area contributed by atoms with Crippen molar-refractivity contribution < 1.29 is 9.90 Å². The fourth-order valence-electron chi connectivity index (χ4n) is 1.88. The highest BCUT2D eigenvalue weighted by Gasteiger charge is 2.15. The SMILES string of the molecule is CCCCCCN(CCO)C(=O)c1cncc(Br)c1. The fourth-order valence-corrected chi connectivity index (χ4v) is 2.24. The van der Waals surface area contributed by atoms with Crippen LogP contribution in [0.25, 0.3) is 0 Å². The van der Waals surface area contributed by atoms with Crippen LogP contribution in [0.5, 0.6) is 0 Å². The van der Waals surface area contributed by atoms with Gasteiger partial charge in [0.15, 0.2) is 0 Å². The minimum atomic E-state index is -0.0700. The maximum Gasteiger partial charge on any atom is 0.255 e. The molecular formula is C14H21BrN2O2. The van der Waals surface area contributed by atoms with Gasteiger partial charge < -0.3 is 10.0 Å². The van der Waals surface area contributed by atoms with Gasteiger partial charge in [-0.05, 0) is 28.4 Å². The second-order valence-corrected chi connectivity index (χ2v) is 5.38. The Balaban J connectivity index is 2.61. The number of halogens is 1. The number of pyridine rings is 1. The lowest BCUT2D eigenvalue weighted by Gasteiger charge is -2.21. The zero-order valence-corrected chi connectivity index (χ0v) is 12.9. The van der Waals surface area contributed by atoms with Crippen molar-refractivity contribution in [1.29, 1.82) is 0 Å². The smallest absolute Gasteiger partial charge is 0.255 e. The van der Waals surface area contributed by atoms with Gasteiger partial charge in [-0.25, -0.2) is 0 Å². The molecule has 0 radical (unpaired) electrons. The van der Waals surface area contributed by atoms with Gasteiger partial charge in [-0.15, -0.1) is 0 Å². The highest BCUT2D eigenvalue weighted by atomic mass is 79.9. The van der Waals surface area contributed by atoms with Crippen LogP contribution in [-0.2, 0) is 0 Å². The molecule has 1 amide bonds. The highest BCUT2D eigenvalue weighted by Crippen LogP contribution is 2.12. The third kappa shape index (κ3) is 5.70. The molecule has 1 N–H and O–H groups in total. The molecule has 1 rings (SSSR count). The molecule has 1 aromatic heterocycles. The van der Waals surface area contributed by atoms with E-state index in [0.29, 0.717) is 18.7 Å². The van der Waals surface area contributed by atoms with Crippen LogP contribution in [0.3, 0.4) is 0 Å². The number of hydrogen-bond donors (Lipinski definition) is 1. The van der Waals surface area contributed by atoms with Crippen LogP contribution >= 0.6 is 15.9 Å². The van der Waals surface area contributed by atoms with E-state index >= 15 is 0 Å². The molecule has 4 nitrogen and oxygen atoms in total. The Morgan fingerprint density at radius 3 is 2.74 bits per heavy atom. The Morgan fingerprint density at radius 2 is 2.11 bits per heavy atom. The zero-order valence-electron chi connectivity index (χ0n) is 11.3. The van der Waals surface area contributed by atoms with Crippen LogP contribution in [0, 0.1) is 0 Å². The summed E-state index contributed by atoms with van der Waals surface area (Å²) >= 11 is 3.31. The van der Waals surface area contributed by atoms with Crippen LogP contribution < -0.4 is 0 Å². The first kappa shape index (κ1) is 16.1. The molecule has 0 bridgehead atoms. The Hall–Kier alpha value is -0.940. The van der Waals surface area contributed by atoms with Crippen molar-refractivity contribution in [2.45, 2.75) is 32.6 Å². The van der Waals surface area contributed by atoms with Gasteiger partial charge in [-0.1, -0.05) is 26.2 Å². The standard InChI is InChI=1S/C14H21BrN2O2/c1-2-3-4-5-6-17(7-8-18)14(19)12-9-13(15)11-16-10-12/h9-11,18H,2-8H2,1H3. The maximum absolute atomic E-state index is 12.3. The summed E-state index contributed by atoms with van der Waals surface area (Å²) in [7, 11) is 0. The molecule has 0 atom stereocenters. The van der Waals surface area contributed by atoms with Crippen molar-refractivity contribution in [3.8, 4) is 0 Å². The number of unbranched alkanes of at least 4 members (excludes halogenated alkanes) is 3. The number of amides is 1. The summed E-state index contributed by atoms with van der Waals surface area (Å²) in [6, 6.07) is 1.76. The Morgan fingerprint density at radius 1 is 1.32 bits per heavy atom. The van der Waals surface area contributed by atoms with E-state index in [4.69, 9.17) is 5.11 Å². The predicted molar refractivity (Wildman–Crippen MR) is 79.1 cm³/mol. The average molecular weight is 329 g/mol. The molecule has 0 aromatic carbocycles. The van der Waals surface area contributed by atoms with E-state index in [-0.39, 0.29) is 12.5 Å². The minimum Gasteiger partial charge on any atom is -0.395 e. The lowest BCUT2D eigenvalue weighted by atomic mass is 10.2. The normalized spacial score (nSPS) is 10.5. The van der Waals surface area contributed by atoms with Gasteiger partial charge in [0.2, 0.25) is 0 Å². The van der Waals surface area contributed by atoms with Crippen LogP contribution in [-0.4, -0.2) is 40.6 Å². The number of aliphatic hydroxyl groups excluding tert-OH is 1. The topological polar surface area (TPSA) is 53.4 Å². The second-order valence-electron chi connectivity index (χ2n) is 4.47. The van der Waals surface area contributed by atoms with Crippen molar-refractivity contribution >= 4 is 21.8 Å². The van der Waals surface area contributed by atoms with Crippen LogP contribution in [0.4, 0.5) is 0 Å². The average Bonchev–Trinajstić information content (AvgIpc) is 2.41. The number of carbonyl (C=O) groups is 1. The van der Waals surface area contributed by atoms with Gasteiger partial charge >= 0.3 is 0 Å². The summed E-state index contributed by atoms with van der Waals surface area (Å²) in [5.41, 5.74) is 0.554. The molecule has 0 aliphatic carbocycles. The molecule has 106 valence electrons.